The number of nitrogens with zero attached hydrogens (tertiary/aromatic N) is 2. The second-order valence-corrected chi connectivity index (χ2v) is 7.64. The maximum Gasteiger partial charge on any atom is 0.127 e. The molecule has 1 atom stereocenters. The van der Waals surface area contributed by atoms with E-state index in [9.17, 15) is 4.39 Å². The molecular formula is C22H27FN2. The predicted molar refractivity (Wildman–Crippen MR) is 99.7 cm³/mol. The number of benzene rings is 2. The zero-order valence-electron chi connectivity index (χ0n) is 14.8. The Morgan fingerprint density at radius 3 is 2.36 bits per heavy atom. The molecule has 0 N–H and O–H groups in total. The van der Waals surface area contributed by atoms with E-state index in [1.165, 1.54) is 37.8 Å². The van der Waals surface area contributed by atoms with E-state index in [2.05, 4.69) is 40.1 Å². The second-order valence-electron chi connectivity index (χ2n) is 7.64. The van der Waals surface area contributed by atoms with Gasteiger partial charge in [-0.25, -0.2) is 4.39 Å². The molecule has 132 valence electrons. The molecule has 2 heterocycles. The minimum atomic E-state index is -0.0681. The first-order valence-corrected chi connectivity index (χ1v) is 9.50. The van der Waals surface area contributed by atoms with Gasteiger partial charge in [-0.2, -0.15) is 0 Å². The summed E-state index contributed by atoms with van der Waals surface area (Å²) in [5.74, 6) is -0.0681. The third-order valence-corrected chi connectivity index (χ3v) is 5.94. The van der Waals surface area contributed by atoms with Crippen molar-refractivity contribution in [2.24, 2.45) is 0 Å². The van der Waals surface area contributed by atoms with Crippen molar-refractivity contribution in [3.63, 3.8) is 0 Å². The molecule has 4 rings (SSSR count). The largest absolute Gasteiger partial charge is 0.297 e. The molecule has 2 aromatic carbocycles. The Balaban J connectivity index is 1.48. The summed E-state index contributed by atoms with van der Waals surface area (Å²) < 4.78 is 14.1. The van der Waals surface area contributed by atoms with Gasteiger partial charge >= 0.3 is 0 Å². The third kappa shape index (κ3) is 3.63. The van der Waals surface area contributed by atoms with Crippen molar-refractivity contribution in [1.29, 1.82) is 0 Å². The SMILES string of the molecule is Fc1ccccc1CN1CCC[C@]12CCCN(Cc1ccccc1)C2. The van der Waals surface area contributed by atoms with E-state index in [-0.39, 0.29) is 11.4 Å². The van der Waals surface area contributed by atoms with Gasteiger partial charge in [0, 0.05) is 30.7 Å². The highest BCUT2D eigenvalue weighted by Gasteiger charge is 2.43. The molecule has 0 bridgehead atoms. The van der Waals surface area contributed by atoms with Crippen LogP contribution in [0.1, 0.15) is 36.8 Å². The van der Waals surface area contributed by atoms with Gasteiger partial charge < -0.3 is 0 Å². The van der Waals surface area contributed by atoms with Crippen LogP contribution in [-0.2, 0) is 13.1 Å². The van der Waals surface area contributed by atoms with Crippen molar-refractivity contribution in [2.45, 2.75) is 44.3 Å². The standard InChI is InChI=1S/C22H27FN2/c23-21-11-5-4-10-20(21)17-25-15-7-13-22(25)12-6-14-24(18-22)16-19-8-2-1-3-9-19/h1-5,8-11H,6-7,12-18H2/t22-/m0/s1. The Morgan fingerprint density at radius 1 is 0.840 bits per heavy atom. The van der Waals surface area contributed by atoms with E-state index < -0.39 is 0 Å². The van der Waals surface area contributed by atoms with Crippen LogP contribution in [0.15, 0.2) is 54.6 Å². The molecule has 0 unspecified atom stereocenters. The van der Waals surface area contributed by atoms with Gasteiger partial charge in [-0.1, -0.05) is 48.5 Å². The van der Waals surface area contributed by atoms with Crippen LogP contribution in [0.3, 0.4) is 0 Å². The van der Waals surface area contributed by atoms with E-state index in [4.69, 9.17) is 0 Å². The van der Waals surface area contributed by atoms with Gasteiger partial charge in [-0.15, -0.1) is 0 Å². The van der Waals surface area contributed by atoms with Gasteiger partial charge in [-0.3, -0.25) is 9.80 Å². The fourth-order valence-electron chi connectivity index (χ4n) is 4.72. The van der Waals surface area contributed by atoms with Gasteiger partial charge in [0.15, 0.2) is 0 Å². The molecule has 2 aliphatic heterocycles. The van der Waals surface area contributed by atoms with E-state index >= 15 is 0 Å². The van der Waals surface area contributed by atoms with Crippen LogP contribution in [0.4, 0.5) is 4.39 Å². The van der Waals surface area contributed by atoms with Gasteiger partial charge in [-0.05, 0) is 50.4 Å². The summed E-state index contributed by atoms with van der Waals surface area (Å²) in [5, 5.41) is 0. The van der Waals surface area contributed by atoms with Crippen LogP contribution in [-0.4, -0.2) is 35.0 Å². The first-order chi connectivity index (χ1) is 12.3. The highest BCUT2D eigenvalue weighted by Crippen LogP contribution is 2.38. The lowest BCUT2D eigenvalue weighted by Gasteiger charge is -2.46. The summed E-state index contributed by atoms with van der Waals surface area (Å²) in [7, 11) is 0. The molecule has 25 heavy (non-hydrogen) atoms. The van der Waals surface area contributed by atoms with Crippen LogP contribution in [0.5, 0.6) is 0 Å². The lowest BCUT2D eigenvalue weighted by Crippen LogP contribution is -2.55. The van der Waals surface area contributed by atoms with Crippen LogP contribution in [0.2, 0.25) is 0 Å². The van der Waals surface area contributed by atoms with Gasteiger partial charge in [0.2, 0.25) is 0 Å². The Hall–Kier alpha value is -1.71. The molecule has 1 spiro atoms. The number of hydrogen-bond donors (Lipinski definition) is 0. The minimum absolute atomic E-state index is 0.0681. The van der Waals surface area contributed by atoms with E-state index in [1.54, 1.807) is 12.1 Å². The van der Waals surface area contributed by atoms with Crippen molar-refractivity contribution < 1.29 is 4.39 Å². The number of likely N-dealkylation sites (tertiary alicyclic amines) is 2. The fourth-order valence-corrected chi connectivity index (χ4v) is 4.72. The second kappa shape index (κ2) is 7.27. The lowest BCUT2D eigenvalue weighted by atomic mass is 9.86. The number of piperidine rings is 1. The topological polar surface area (TPSA) is 6.48 Å². The highest BCUT2D eigenvalue weighted by molar-refractivity contribution is 5.19. The van der Waals surface area contributed by atoms with Gasteiger partial charge in [0.05, 0.1) is 0 Å². The molecule has 0 aromatic heterocycles. The van der Waals surface area contributed by atoms with Crippen molar-refractivity contribution in [3.8, 4) is 0 Å². The van der Waals surface area contributed by atoms with E-state index in [1.807, 2.05) is 12.1 Å². The monoisotopic (exact) mass is 338 g/mol. The smallest absolute Gasteiger partial charge is 0.127 e. The summed E-state index contributed by atoms with van der Waals surface area (Å²) in [6, 6.07) is 18.0. The lowest BCUT2D eigenvalue weighted by molar-refractivity contribution is 0.0323. The Kier molecular flexibility index (Phi) is 4.87. The third-order valence-electron chi connectivity index (χ3n) is 5.94. The first kappa shape index (κ1) is 16.7. The molecule has 2 aromatic rings. The maximum atomic E-state index is 14.1. The number of rotatable bonds is 4. The van der Waals surface area contributed by atoms with Gasteiger partial charge in [0.1, 0.15) is 5.82 Å². The molecule has 0 radical (unpaired) electrons. The molecule has 3 heteroatoms. The summed E-state index contributed by atoms with van der Waals surface area (Å²) in [6.45, 7) is 5.13. The fraction of sp³-hybridized carbons (Fsp3) is 0.455. The molecule has 2 saturated heterocycles. The predicted octanol–water partition coefficient (Wildman–Crippen LogP) is 4.46. The van der Waals surface area contributed by atoms with Crippen molar-refractivity contribution >= 4 is 0 Å². The summed E-state index contributed by atoms with van der Waals surface area (Å²) in [5.41, 5.74) is 2.46. The molecular weight excluding hydrogens is 311 g/mol. The molecule has 2 nitrogen and oxygen atoms in total. The van der Waals surface area contributed by atoms with Crippen LogP contribution in [0.25, 0.3) is 0 Å². The maximum absolute atomic E-state index is 14.1. The van der Waals surface area contributed by atoms with Crippen LogP contribution in [0, 0.1) is 5.82 Å². The number of hydrogen-bond acceptors (Lipinski definition) is 2. The molecule has 0 saturated carbocycles. The first-order valence-electron chi connectivity index (χ1n) is 9.50. The Bertz CT molecular complexity index is 702. The van der Waals surface area contributed by atoms with Crippen molar-refractivity contribution in [2.75, 3.05) is 19.6 Å². The zero-order valence-corrected chi connectivity index (χ0v) is 14.8. The van der Waals surface area contributed by atoms with Crippen molar-refractivity contribution in [3.05, 3.63) is 71.5 Å². The van der Waals surface area contributed by atoms with E-state index in [0.717, 1.165) is 31.7 Å². The molecule has 2 aliphatic rings. The number of halogens is 1. The Morgan fingerprint density at radius 2 is 1.56 bits per heavy atom. The van der Waals surface area contributed by atoms with Crippen LogP contribution >= 0.6 is 0 Å². The normalized spacial score (nSPS) is 24.8. The zero-order chi connectivity index (χ0) is 17.1. The minimum Gasteiger partial charge on any atom is -0.297 e. The van der Waals surface area contributed by atoms with E-state index in [0.29, 0.717) is 0 Å². The quantitative estimate of drug-likeness (QED) is 0.812. The highest BCUT2D eigenvalue weighted by atomic mass is 19.1. The van der Waals surface area contributed by atoms with Crippen molar-refractivity contribution in [1.82, 2.24) is 9.80 Å². The van der Waals surface area contributed by atoms with Gasteiger partial charge in [0.25, 0.3) is 0 Å². The average Bonchev–Trinajstić information content (AvgIpc) is 2.99. The Labute approximate surface area is 150 Å². The summed E-state index contributed by atoms with van der Waals surface area (Å²) in [6.07, 6.45) is 4.95. The average molecular weight is 338 g/mol. The molecule has 0 aliphatic carbocycles. The summed E-state index contributed by atoms with van der Waals surface area (Å²) >= 11 is 0. The molecule has 2 fully saturated rings. The molecule has 0 amide bonds. The summed E-state index contributed by atoms with van der Waals surface area (Å²) in [4.78, 5) is 5.15. The van der Waals surface area contributed by atoms with Crippen LogP contribution < -0.4 is 0 Å².